The topological polar surface area (TPSA) is 59.1 Å². The van der Waals surface area contributed by atoms with Crippen molar-refractivity contribution in [2.24, 2.45) is 0 Å². The van der Waals surface area contributed by atoms with Gasteiger partial charge in [0.1, 0.15) is 5.75 Å². The molecule has 0 unspecified atom stereocenters. The Morgan fingerprint density at radius 1 is 1.44 bits per heavy atom. The molecule has 0 fully saturated rings. The first-order valence-corrected chi connectivity index (χ1v) is 5.77. The number of hydrogen-bond donors (Lipinski definition) is 2. The Balaban J connectivity index is 2.51. The molecule has 0 spiro atoms. The highest BCUT2D eigenvalue weighted by Gasteiger charge is 2.11. The standard InChI is InChI=1S/C13H17N3O2/c1-9-12(8-14-2)13(17)16(15-9)10-5-4-6-11(7-10)18-3/h4-7,14-15H,8H2,1-3H3. The molecule has 1 aromatic carbocycles. The smallest absolute Gasteiger partial charge is 0.275 e. The fraction of sp³-hybridized carbons (Fsp3) is 0.308. The van der Waals surface area contributed by atoms with Crippen molar-refractivity contribution in [3.8, 4) is 11.4 Å². The van der Waals surface area contributed by atoms with Crippen LogP contribution in [0.3, 0.4) is 0 Å². The third-order valence-corrected chi connectivity index (χ3v) is 2.86. The average molecular weight is 247 g/mol. The summed E-state index contributed by atoms with van der Waals surface area (Å²) in [5.41, 5.74) is 2.36. The van der Waals surface area contributed by atoms with Crippen molar-refractivity contribution < 1.29 is 4.74 Å². The average Bonchev–Trinajstić information content (AvgIpc) is 2.67. The third kappa shape index (κ3) is 2.17. The number of nitrogens with one attached hydrogen (secondary N) is 2. The minimum atomic E-state index is -0.0323. The predicted octanol–water partition coefficient (Wildman–Crippen LogP) is 1.20. The van der Waals surface area contributed by atoms with Gasteiger partial charge in [0.15, 0.2) is 0 Å². The molecule has 0 aliphatic heterocycles. The lowest BCUT2D eigenvalue weighted by Crippen LogP contribution is -2.20. The van der Waals surface area contributed by atoms with Gasteiger partial charge in [-0.3, -0.25) is 9.89 Å². The summed E-state index contributed by atoms with van der Waals surface area (Å²) in [6, 6.07) is 7.39. The number of nitrogens with zero attached hydrogens (tertiary/aromatic N) is 1. The molecule has 0 bridgehead atoms. The van der Waals surface area contributed by atoms with Gasteiger partial charge in [-0.25, -0.2) is 4.68 Å². The van der Waals surface area contributed by atoms with Crippen molar-refractivity contribution in [3.63, 3.8) is 0 Å². The lowest BCUT2D eigenvalue weighted by atomic mass is 10.2. The zero-order valence-electron chi connectivity index (χ0n) is 10.8. The van der Waals surface area contributed by atoms with Crippen LogP contribution >= 0.6 is 0 Å². The van der Waals surface area contributed by atoms with E-state index in [0.717, 1.165) is 22.7 Å². The van der Waals surface area contributed by atoms with Gasteiger partial charge in [0, 0.05) is 18.3 Å². The monoisotopic (exact) mass is 247 g/mol. The van der Waals surface area contributed by atoms with Crippen molar-refractivity contribution in [2.75, 3.05) is 14.2 Å². The van der Waals surface area contributed by atoms with Crippen LogP contribution in [0.15, 0.2) is 29.1 Å². The van der Waals surface area contributed by atoms with Gasteiger partial charge in [-0.05, 0) is 26.1 Å². The molecular formula is C13H17N3O2. The lowest BCUT2D eigenvalue weighted by molar-refractivity contribution is 0.414. The molecule has 5 nitrogen and oxygen atoms in total. The number of methoxy groups -OCH3 is 1. The summed E-state index contributed by atoms with van der Waals surface area (Å²) in [5.74, 6) is 0.724. The van der Waals surface area contributed by atoms with E-state index in [4.69, 9.17) is 4.74 Å². The number of ether oxygens (including phenoxy) is 1. The van der Waals surface area contributed by atoms with Crippen molar-refractivity contribution in [3.05, 3.63) is 45.9 Å². The van der Waals surface area contributed by atoms with Crippen LogP contribution in [0.4, 0.5) is 0 Å². The van der Waals surface area contributed by atoms with Crippen molar-refractivity contribution >= 4 is 0 Å². The normalized spacial score (nSPS) is 10.6. The van der Waals surface area contributed by atoms with E-state index in [-0.39, 0.29) is 5.56 Å². The van der Waals surface area contributed by atoms with E-state index < -0.39 is 0 Å². The van der Waals surface area contributed by atoms with Gasteiger partial charge in [-0.15, -0.1) is 0 Å². The Morgan fingerprint density at radius 3 is 2.89 bits per heavy atom. The van der Waals surface area contributed by atoms with E-state index in [1.165, 1.54) is 4.68 Å². The molecule has 5 heteroatoms. The van der Waals surface area contributed by atoms with Crippen LogP contribution in [0.25, 0.3) is 5.69 Å². The maximum Gasteiger partial charge on any atom is 0.275 e. The third-order valence-electron chi connectivity index (χ3n) is 2.86. The molecule has 0 aliphatic rings. The second-order valence-corrected chi connectivity index (χ2v) is 4.09. The van der Waals surface area contributed by atoms with E-state index in [0.29, 0.717) is 6.54 Å². The first-order chi connectivity index (χ1) is 8.67. The highest BCUT2D eigenvalue weighted by Crippen LogP contribution is 2.15. The molecule has 0 aliphatic carbocycles. The molecule has 0 saturated carbocycles. The zero-order chi connectivity index (χ0) is 13.1. The Morgan fingerprint density at radius 2 is 2.22 bits per heavy atom. The minimum Gasteiger partial charge on any atom is -0.497 e. The number of aromatic amines is 1. The van der Waals surface area contributed by atoms with Crippen LogP contribution in [0.1, 0.15) is 11.3 Å². The summed E-state index contributed by atoms with van der Waals surface area (Å²) in [5, 5.41) is 6.07. The fourth-order valence-electron chi connectivity index (χ4n) is 1.90. The number of aromatic nitrogens is 2. The van der Waals surface area contributed by atoms with Crippen molar-refractivity contribution in [2.45, 2.75) is 13.5 Å². The number of benzene rings is 1. The van der Waals surface area contributed by atoms with Crippen LogP contribution in [-0.4, -0.2) is 23.9 Å². The van der Waals surface area contributed by atoms with E-state index in [2.05, 4.69) is 10.4 Å². The lowest BCUT2D eigenvalue weighted by Gasteiger charge is -2.04. The molecular weight excluding hydrogens is 230 g/mol. The molecule has 0 radical (unpaired) electrons. The summed E-state index contributed by atoms with van der Waals surface area (Å²) in [6.45, 7) is 2.45. The van der Waals surface area contributed by atoms with Crippen LogP contribution in [0.5, 0.6) is 5.75 Å². The molecule has 18 heavy (non-hydrogen) atoms. The molecule has 0 atom stereocenters. The molecule has 1 aromatic heterocycles. The summed E-state index contributed by atoms with van der Waals surface area (Å²) >= 11 is 0. The molecule has 2 rings (SSSR count). The van der Waals surface area contributed by atoms with Gasteiger partial charge in [0.2, 0.25) is 0 Å². The Hall–Kier alpha value is -2.01. The van der Waals surface area contributed by atoms with E-state index >= 15 is 0 Å². The Kier molecular flexibility index (Phi) is 3.53. The maximum atomic E-state index is 12.2. The van der Waals surface area contributed by atoms with Crippen molar-refractivity contribution in [1.29, 1.82) is 0 Å². The first-order valence-electron chi connectivity index (χ1n) is 5.77. The molecule has 2 aromatic rings. The van der Waals surface area contributed by atoms with Crippen LogP contribution in [0, 0.1) is 6.92 Å². The first kappa shape index (κ1) is 12.4. The second-order valence-electron chi connectivity index (χ2n) is 4.09. The summed E-state index contributed by atoms with van der Waals surface area (Å²) in [4.78, 5) is 12.2. The predicted molar refractivity (Wildman–Crippen MR) is 70.4 cm³/mol. The van der Waals surface area contributed by atoms with Gasteiger partial charge in [-0.2, -0.15) is 0 Å². The van der Waals surface area contributed by atoms with Crippen LogP contribution in [-0.2, 0) is 6.54 Å². The quantitative estimate of drug-likeness (QED) is 0.853. The summed E-state index contributed by atoms with van der Waals surface area (Å²) in [6.07, 6.45) is 0. The second kappa shape index (κ2) is 5.10. The van der Waals surface area contributed by atoms with Gasteiger partial charge < -0.3 is 10.1 Å². The maximum absolute atomic E-state index is 12.2. The molecule has 0 amide bonds. The summed E-state index contributed by atoms with van der Waals surface area (Å²) < 4.78 is 6.69. The van der Waals surface area contributed by atoms with Crippen LogP contribution in [0.2, 0.25) is 0 Å². The molecule has 2 N–H and O–H groups in total. The van der Waals surface area contributed by atoms with E-state index in [9.17, 15) is 4.79 Å². The Labute approximate surface area is 105 Å². The van der Waals surface area contributed by atoms with Gasteiger partial charge in [0.25, 0.3) is 5.56 Å². The molecule has 96 valence electrons. The zero-order valence-corrected chi connectivity index (χ0v) is 10.8. The molecule has 0 saturated heterocycles. The largest absolute Gasteiger partial charge is 0.497 e. The summed E-state index contributed by atoms with van der Waals surface area (Å²) in [7, 11) is 3.43. The fourth-order valence-corrected chi connectivity index (χ4v) is 1.90. The van der Waals surface area contributed by atoms with Crippen LogP contribution < -0.4 is 15.6 Å². The number of aryl methyl sites for hydroxylation is 1. The number of H-pyrrole nitrogens is 1. The van der Waals surface area contributed by atoms with Gasteiger partial charge in [0.05, 0.1) is 18.4 Å². The SMILES string of the molecule is CNCc1c(C)[nH]n(-c2cccc(OC)c2)c1=O. The van der Waals surface area contributed by atoms with Gasteiger partial charge in [-0.1, -0.05) is 6.07 Å². The minimum absolute atomic E-state index is 0.0323. The highest BCUT2D eigenvalue weighted by molar-refractivity contribution is 5.39. The van der Waals surface area contributed by atoms with E-state index in [1.54, 1.807) is 7.11 Å². The van der Waals surface area contributed by atoms with Crippen molar-refractivity contribution in [1.82, 2.24) is 15.1 Å². The number of rotatable bonds is 4. The van der Waals surface area contributed by atoms with Gasteiger partial charge >= 0.3 is 0 Å². The highest BCUT2D eigenvalue weighted by atomic mass is 16.5. The number of hydrogen-bond acceptors (Lipinski definition) is 3. The molecule has 1 heterocycles. The van der Waals surface area contributed by atoms with E-state index in [1.807, 2.05) is 38.2 Å². The Bertz CT molecular complexity index is 599.